The zero-order chi connectivity index (χ0) is 24.2. The molecule has 0 spiro atoms. The number of amides is 2. The van der Waals surface area contributed by atoms with Crippen LogP contribution in [0.2, 0.25) is 0 Å². The van der Waals surface area contributed by atoms with Crippen molar-refractivity contribution in [1.29, 1.82) is 0 Å². The zero-order valence-corrected chi connectivity index (χ0v) is 19.8. The molecule has 1 aliphatic rings. The number of carbonyl (C=O) groups excluding carboxylic acids is 2. The lowest BCUT2D eigenvalue weighted by atomic mass is 10.0. The van der Waals surface area contributed by atoms with Gasteiger partial charge >= 0.3 is 0 Å². The Labute approximate surface area is 205 Å². The van der Waals surface area contributed by atoms with E-state index in [9.17, 15) is 9.59 Å². The van der Waals surface area contributed by atoms with Crippen molar-refractivity contribution in [1.82, 2.24) is 9.88 Å². The Kier molecular flexibility index (Phi) is 6.44. The summed E-state index contributed by atoms with van der Waals surface area (Å²) in [5.74, 6) is 0.00576. The summed E-state index contributed by atoms with van der Waals surface area (Å²) < 4.78 is 0. The smallest absolute Gasteiger partial charge is 0.254 e. The van der Waals surface area contributed by atoms with Crippen LogP contribution in [0.1, 0.15) is 23.7 Å². The number of nitrogens with zero attached hydrogens (tertiary/aromatic N) is 3. The molecule has 2 amide bonds. The summed E-state index contributed by atoms with van der Waals surface area (Å²) in [5, 5.41) is 3.72. The molecule has 0 unspecified atom stereocenters. The molecule has 1 fully saturated rings. The molecule has 176 valence electrons. The minimum Gasteiger partial charge on any atom is -0.368 e. The largest absolute Gasteiger partial charge is 0.368 e. The number of para-hydroxylation sites is 2. The van der Waals surface area contributed by atoms with Gasteiger partial charge in [-0.05, 0) is 36.4 Å². The zero-order valence-electron chi connectivity index (χ0n) is 19.8. The van der Waals surface area contributed by atoms with E-state index in [4.69, 9.17) is 4.98 Å². The Morgan fingerprint density at radius 2 is 1.54 bits per heavy atom. The SMILES string of the molecule is CCC(=O)Nc1ccc(-c2cc(C(=O)N3CCN(c4ccccc4)CC3)c3ccccc3n2)cc1. The Hall–Kier alpha value is -4.19. The number of benzene rings is 3. The van der Waals surface area contributed by atoms with Crippen molar-refractivity contribution >= 4 is 34.1 Å². The van der Waals surface area contributed by atoms with Crippen LogP contribution >= 0.6 is 0 Å². The van der Waals surface area contributed by atoms with Crippen LogP contribution < -0.4 is 10.2 Å². The van der Waals surface area contributed by atoms with E-state index >= 15 is 0 Å². The van der Waals surface area contributed by atoms with E-state index in [1.807, 2.05) is 84.6 Å². The Balaban J connectivity index is 1.41. The maximum Gasteiger partial charge on any atom is 0.254 e. The predicted molar refractivity (Wildman–Crippen MR) is 141 cm³/mol. The van der Waals surface area contributed by atoms with Gasteiger partial charge in [-0.25, -0.2) is 4.98 Å². The quantitative estimate of drug-likeness (QED) is 0.440. The molecule has 4 aromatic rings. The number of carbonyl (C=O) groups is 2. The van der Waals surface area contributed by atoms with Gasteiger partial charge in [-0.2, -0.15) is 0 Å². The molecule has 35 heavy (non-hydrogen) atoms. The number of hydrogen-bond acceptors (Lipinski definition) is 4. The summed E-state index contributed by atoms with van der Waals surface area (Å²) in [5.41, 5.74) is 5.03. The average Bonchev–Trinajstić information content (AvgIpc) is 2.93. The highest BCUT2D eigenvalue weighted by molar-refractivity contribution is 6.07. The predicted octanol–water partition coefficient (Wildman–Crippen LogP) is 5.21. The van der Waals surface area contributed by atoms with Gasteiger partial charge in [0.25, 0.3) is 5.91 Å². The van der Waals surface area contributed by atoms with Gasteiger partial charge in [-0.3, -0.25) is 9.59 Å². The molecule has 6 heteroatoms. The van der Waals surface area contributed by atoms with Crippen LogP contribution in [0.15, 0.2) is 84.9 Å². The van der Waals surface area contributed by atoms with Crippen molar-refractivity contribution in [3.63, 3.8) is 0 Å². The molecule has 5 rings (SSSR count). The number of fused-ring (bicyclic) bond motifs is 1. The maximum atomic E-state index is 13.7. The molecule has 0 saturated carbocycles. The van der Waals surface area contributed by atoms with E-state index in [0.29, 0.717) is 25.1 Å². The van der Waals surface area contributed by atoms with Crippen LogP contribution in [0.5, 0.6) is 0 Å². The summed E-state index contributed by atoms with van der Waals surface area (Å²) in [6.07, 6.45) is 0.430. The molecule has 1 aliphatic heterocycles. The summed E-state index contributed by atoms with van der Waals surface area (Å²) >= 11 is 0. The average molecular weight is 465 g/mol. The van der Waals surface area contributed by atoms with Crippen molar-refractivity contribution in [3.8, 4) is 11.3 Å². The summed E-state index contributed by atoms with van der Waals surface area (Å²) in [6.45, 7) is 4.77. The van der Waals surface area contributed by atoms with E-state index < -0.39 is 0 Å². The second-order valence-corrected chi connectivity index (χ2v) is 8.67. The molecule has 0 atom stereocenters. The lowest BCUT2D eigenvalue weighted by Crippen LogP contribution is -2.48. The third-order valence-corrected chi connectivity index (χ3v) is 6.42. The van der Waals surface area contributed by atoms with Crippen LogP contribution in [0, 0.1) is 0 Å². The summed E-state index contributed by atoms with van der Waals surface area (Å²) in [7, 11) is 0. The van der Waals surface area contributed by atoms with Crippen LogP contribution in [-0.4, -0.2) is 47.9 Å². The lowest BCUT2D eigenvalue weighted by Gasteiger charge is -2.36. The van der Waals surface area contributed by atoms with Crippen molar-refractivity contribution in [2.75, 3.05) is 36.4 Å². The second-order valence-electron chi connectivity index (χ2n) is 8.67. The van der Waals surface area contributed by atoms with E-state index in [0.717, 1.165) is 40.9 Å². The molecule has 1 N–H and O–H groups in total. The first-order chi connectivity index (χ1) is 17.1. The molecule has 0 radical (unpaired) electrons. The molecule has 3 aromatic carbocycles. The van der Waals surface area contributed by atoms with Gasteiger partial charge < -0.3 is 15.1 Å². The minimum atomic E-state index is -0.0261. The van der Waals surface area contributed by atoms with E-state index in [1.54, 1.807) is 0 Å². The van der Waals surface area contributed by atoms with E-state index in [-0.39, 0.29) is 11.8 Å². The van der Waals surface area contributed by atoms with Crippen molar-refractivity contribution < 1.29 is 9.59 Å². The van der Waals surface area contributed by atoms with E-state index in [2.05, 4.69) is 22.3 Å². The molecule has 0 bridgehead atoms. The summed E-state index contributed by atoms with van der Waals surface area (Å²) in [6, 6.07) is 27.6. The number of anilines is 2. The fourth-order valence-corrected chi connectivity index (χ4v) is 4.45. The normalized spacial score (nSPS) is 13.6. The fourth-order valence-electron chi connectivity index (χ4n) is 4.45. The highest BCUT2D eigenvalue weighted by Crippen LogP contribution is 2.27. The first-order valence-corrected chi connectivity index (χ1v) is 12.0. The Morgan fingerprint density at radius 1 is 0.857 bits per heavy atom. The fraction of sp³-hybridized carbons (Fsp3) is 0.207. The van der Waals surface area contributed by atoms with Crippen LogP contribution in [0.25, 0.3) is 22.2 Å². The monoisotopic (exact) mass is 464 g/mol. The van der Waals surface area contributed by atoms with Crippen molar-refractivity contribution in [2.45, 2.75) is 13.3 Å². The van der Waals surface area contributed by atoms with Crippen molar-refractivity contribution in [3.05, 3.63) is 90.5 Å². The maximum absolute atomic E-state index is 13.7. The number of rotatable bonds is 5. The number of aromatic nitrogens is 1. The molecular weight excluding hydrogens is 436 g/mol. The molecule has 1 aromatic heterocycles. The Bertz CT molecular complexity index is 1340. The first kappa shape index (κ1) is 22.6. The molecule has 0 aliphatic carbocycles. The molecular formula is C29H28N4O2. The van der Waals surface area contributed by atoms with E-state index in [1.165, 1.54) is 5.69 Å². The second kappa shape index (κ2) is 9.97. The molecule has 6 nitrogen and oxygen atoms in total. The van der Waals surface area contributed by atoms with Gasteiger partial charge in [0.2, 0.25) is 5.91 Å². The molecule has 2 heterocycles. The number of pyridine rings is 1. The highest BCUT2D eigenvalue weighted by Gasteiger charge is 2.24. The first-order valence-electron chi connectivity index (χ1n) is 12.0. The van der Waals surface area contributed by atoms with Crippen molar-refractivity contribution in [2.24, 2.45) is 0 Å². The van der Waals surface area contributed by atoms with Gasteiger partial charge in [-0.1, -0.05) is 55.5 Å². The number of hydrogen-bond donors (Lipinski definition) is 1. The number of piperazine rings is 1. The van der Waals surface area contributed by atoms with Crippen LogP contribution in [-0.2, 0) is 4.79 Å². The Morgan fingerprint density at radius 3 is 2.26 bits per heavy atom. The summed E-state index contributed by atoms with van der Waals surface area (Å²) in [4.78, 5) is 34.4. The van der Waals surface area contributed by atoms with Crippen LogP contribution in [0.4, 0.5) is 11.4 Å². The standard InChI is InChI=1S/C29H28N4O2/c1-2-28(34)30-22-14-12-21(13-15-22)27-20-25(24-10-6-7-11-26(24)31-27)29(35)33-18-16-32(17-19-33)23-8-4-3-5-9-23/h3-15,20H,2,16-19H2,1H3,(H,30,34). The minimum absolute atomic E-state index is 0.0261. The van der Waals surface area contributed by atoms with Gasteiger partial charge in [0.1, 0.15) is 0 Å². The number of nitrogens with one attached hydrogen (secondary N) is 1. The third kappa shape index (κ3) is 4.87. The molecule has 1 saturated heterocycles. The van der Waals surface area contributed by atoms with Gasteiger partial charge in [0.15, 0.2) is 0 Å². The van der Waals surface area contributed by atoms with Gasteiger partial charge in [0.05, 0.1) is 16.8 Å². The van der Waals surface area contributed by atoms with Gasteiger partial charge in [-0.15, -0.1) is 0 Å². The topological polar surface area (TPSA) is 65.5 Å². The highest BCUT2D eigenvalue weighted by atomic mass is 16.2. The van der Waals surface area contributed by atoms with Gasteiger partial charge in [0, 0.05) is 54.9 Å². The third-order valence-electron chi connectivity index (χ3n) is 6.42. The lowest BCUT2D eigenvalue weighted by molar-refractivity contribution is -0.115. The van der Waals surface area contributed by atoms with Crippen LogP contribution in [0.3, 0.4) is 0 Å².